The molecule has 0 radical (unpaired) electrons. The Kier molecular flexibility index (Phi) is 6.90. The van der Waals surface area contributed by atoms with Gasteiger partial charge in [0.15, 0.2) is 0 Å². The van der Waals surface area contributed by atoms with Crippen LogP contribution in [0.4, 0.5) is 0 Å². The molecule has 0 aliphatic rings. The fourth-order valence-corrected chi connectivity index (χ4v) is 3.26. The third kappa shape index (κ3) is 3.99. The highest BCUT2D eigenvalue weighted by atomic mass is 79.9. The second-order valence-electron chi connectivity index (χ2n) is 2.95. The van der Waals surface area contributed by atoms with Gasteiger partial charge in [0, 0.05) is 5.31 Å². The van der Waals surface area contributed by atoms with Crippen LogP contribution < -0.4 is 0 Å². The number of halogens is 1. The molecule has 2 nitrogen and oxygen atoms in total. The minimum atomic E-state index is -0.986. The zero-order valence-electron chi connectivity index (χ0n) is 9.52. The summed E-state index contributed by atoms with van der Waals surface area (Å²) in [6.07, 6.45) is 0. The van der Waals surface area contributed by atoms with Gasteiger partial charge in [0.2, 0.25) is 8.38 Å². The van der Waals surface area contributed by atoms with Crippen LogP contribution in [0, 0.1) is 0 Å². The molecule has 1 aromatic rings. The molecular weight excluding hydrogens is 287 g/mol. The largest absolute Gasteiger partial charge is 0.331 e. The lowest BCUT2D eigenvalue weighted by Crippen LogP contribution is -1.93. The zero-order chi connectivity index (χ0) is 11.8. The maximum absolute atomic E-state index is 5.63. The van der Waals surface area contributed by atoms with E-state index in [0.717, 1.165) is 10.9 Å². The van der Waals surface area contributed by atoms with Crippen molar-refractivity contribution in [3.8, 4) is 0 Å². The molecule has 0 bridgehead atoms. The molecule has 88 valence electrons. The van der Waals surface area contributed by atoms with Crippen LogP contribution in [0.25, 0.3) is 5.31 Å². The molecule has 0 saturated heterocycles. The first-order chi connectivity index (χ1) is 7.83. The lowest BCUT2D eigenvalue weighted by Gasteiger charge is -2.18. The Labute approximate surface area is 107 Å². The van der Waals surface area contributed by atoms with Crippen LogP contribution in [-0.4, -0.2) is 13.2 Å². The average molecular weight is 303 g/mol. The Bertz CT molecular complexity index is 321. The van der Waals surface area contributed by atoms with E-state index in [-0.39, 0.29) is 0 Å². The van der Waals surface area contributed by atoms with Crippen molar-refractivity contribution in [1.82, 2.24) is 0 Å². The molecule has 1 rings (SSSR count). The summed E-state index contributed by atoms with van der Waals surface area (Å²) < 4.78 is 11.3. The molecule has 0 saturated carbocycles. The summed E-state index contributed by atoms with van der Waals surface area (Å²) in [5.41, 5.74) is 1.13. The first kappa shape index (κ1) is 13.9. The van der Waals surface area contributed by atoms with E-state index in [0.29, 0.717) is 13.2 Å². The van der Waals surface area contributed by atoms with Crippen molar-refractivity contribution in [3.05, 3.63) is 40.9 Å². The fraction of sp³-hybridized carbons (Fsp3) is 0.333. The van der Waals surface area contributed by atoms with Crippen molar-refractivity contribution >= 4 is 29.6 Å². The molecule has 0 aliphatic heterocycles. The Balaban J connectivity index is 2.87. The van der Waals surface area contributed by atoms with E-state index in [1.807, 2.05) is 37.0 Å². The molecule has 16 heavy (non-hydrogen) atoms. The normalized spacial score (nSPS) is 12.1. The second kappa shape index (κ2) is 7.97. The van der Waals surface area contributed by atoms with Gasteiger partial charge in [-0.2, -0.15) is 0 Å². The van der Waals surface area contributed by atoms with Gasteiger partial charge in [-0.15, -0.1) is 0 Å². The topological polar surface area (TPSA) is 18.5 Å². The molecule has 0 spiro atoms. The van der Waals surface area contributed by atoms with Gasteiger partial charge < -0.3 is 9.05 Å². The summed E-state index contributed by atoms with van der Waals surface area (Å²) in [6, 6.07) is 10.1. The van der Waals surface area contributed by atoms with Gasteiger partial charge >= 0.3 is 0 Å². The highest BCUT2D eigenvalue weighted by Crippen LogP contribution is 2.52. The second-order valence-corrected chi connectivity index (χ2v) is 4.92. The first-order valence-corrected chi connectivity index (χ1v) is 7.34. The lowest BCUT2D eigenvalue weighted by molar-refractivity contribution is 0.278. The van der Waals surface area contributed by atoms with Gasteiger partial charge in [-0.1, -0.05) is 46.3 Å². The van der Waals surface area contributed by atoms with E-state index in [9.17, 15) is 0 Å². The number of hydrogen-bond acceptors (Lipinski definition) is 2. The summed E-state index contributed by atoms with van der Waals surface area (Å²) >= 11 is 3.39. The molecule has 0 heterocycles. The smallest absolute Gasteiger partial charge is 0.206 e. The predicted octanol–water partition coefficient (Wildman–Crippen LogP) is 4.76. The molecule has 0 amide bonds. The fourth-order valence-electron chi connectivity index (χ4n) is 1.23. The quantitative estimate of drug-likeness (QED) is 0.705. The monoisotopic (exact) mass is 302 g/mol. The highest BCUT2D eigenvalue weighted by molar-refractivity contribution is 9.11. The lowest BCUT2D eigenvalue weighted by atomic mass is 10.2. The van der Waals surface area contributed by atoms with E-state index >= 15 is 0 Å². The van der Waals surface area contributed by atoms with E-state index in [1.54, 1.807) is 0 Å². The van der Waals surface area contributed by atoms with Gasteiger partial charge in [-0.3, -0.25) is 0 Å². The predicted molar refractivity (Wildman–Crippen MR) is 73.5 cm³/mol. The molecule has 0 atom stereocenters. The number of benzene rings is 1. The van der Waals surface area contributed by atoms with Gasteiger partial charge in [0.1, 0.15) is 0 Å². The zero-order valence-corrected chi connectivity index (χ0v) is 12.0. The van der Waals surface area contributed by atoms with Gasteiger partial charge in [0.05, 0.1) is 13.2 Å². The number of rotatable bonds is 6. The van der Waals surface area contributed by atoms with Crippen molar-refractivity contribution in [2.45, 2.75) is 13.8 Å². The summed E-state index contributed by atoms with van der Waals surface area (Å²) in [4.78, 5) is 1.89. The molecule has 0 unspecified atom stereocenters. The highest BCUT2D eigenvalue weighted by Gasteiger charge is 2.17. The molecule has 1 aromatic carbocycles. The van der Waals surface area contributed by atoms with Crippen LogP contribution in [0.1, 0.15) is 19.4 Å². The Morgan fingerprint density at radius 1 is 1.19 bits per heavy atom. The minimum absolute atomic E-state index is 0.656. The Hall–Kier alpha value is -0.210. The average Bonchev–Trinajstić information content (AvgIpc) is 2.32. The van der Waals surface area contributed by atoms with Crippen molar-refractivity contribution < 1.29 is 9.05 Å². The molecule has 4 heteroatoms. The number of hydrogen-bond donors (Lipinski definition) is 0. The first-order valence-electron chi connectivity index (χ1n) is 5.25. The van der Waals surface area contributed by atoms with Gasteiger partial charge in [-0.05, 0) is 24.4 Å². The van der Waals surface area contributed by atoms with E-state index in [1.165, 1.54) is 0 Å². The molecule has 0 fully saturated rings. The Morgan fingerprint density at radius 3 is 2.19 bits per heavy atom. The third-order valence-electron chi connectivity index (χ3n) is 1.86. The van der Waals surface area contributed by atoms with E-state index < -0.39 is 8.38 Å². The summed E-state index contributed by atoms with van der Waals surface area (Å²) in [7, 11) is -0.986. The van der Waals surface area contributed by atoms with Crippen LogP contribution >= 0.6 is 24.3 Å². The molecule has 0 aromatic heterocycles. The summed E-state index contributed by atoms with van der Waals surface area (Å²) in [5.74, 6) is 0. The van der Waals surface area contributed by atoms with Crippen LogP contribution in [-0.2, 0) is 9.05 Å². The molecular formula is C12H16BrO2P. The van der Waals surface area contributed by atoms with Crippen LogP contribution in [0.5, 0.6) is 0 Å². The maximum Gasteiger partial charge on any atom is 0.206 e. The van der Waals surface area contributed by atoms with Crippen molar-refractivity contribution in [2.24, 2.45) is 0 Å². The minimum Gasteiger partial charge on any atom is -0.331 e. The van der Waals surface area contributed by atoms with Crippen LogP contribution in [0.3, 0.4) is 0 Å². The van der Waals surface area contributed by atoms with Gasteiger partial charge in [0.25, 0.3) is 0 Å². The van der Waals surface area contributed by atoms with Crippen molar-refractivity contribution in [3.63, 3.8) is 0 Å². The van der Waals surface area contributed by atoms with Crippen LogP contribution in [0.2, 0.25) is 0 Å². The van der Waals surface area contributed by atoms with E-state index in [4.69, 9.17) is 9.05 Å². The van der Waals surface area contributed by atoms with Gasteiger partial charge in [-0.25, -0.2) is 0 Å². The molecule has 0 aliphatic carbocycles. The van der Waals surface area contributed by atoms with Crippen molar-refractivity contribution in [2.75, 3.05) is 13.2 Å². The Morgan fingerprint density at radius 2 is 1.75 bits per heavy atom. The van der Waals surface area contributed by atoms with Crippen molar-refractivity contribution in [1.29, 1.82) is 0 Å². The summed E-state index contributed by atoms with van der Waals surface area (Å²) in [5, 5.41) is 1.07. The SMILES string of the molecule is CCOP(OCC)/C(=C\Br)c1ccccc1. The van der Waals surface area contributed by atoms with Crippen LogP contribution in [0.15, 0.2) is 35.3 Å². The van der Waals surface area contributed by atoms with E-state index in [2.05, 4.69) is 28.1 Å². The third-order valence-corrected chi connectivity index (χ3v) is 4.44. The summed E-state index contributed by atoms with van der Waals surface area (Å²) in [6.45, 7) is 5.27. The molecule has 0 N–H and O–H groups in total. The maximum atomic E-state index is 5.63. The standard InChI is InChI=1S/C12H16BrO2P/c1-3-14-16(15-4-2)12(10-13)11-8-6-5-7-9-11/h5-10H,3-4H2,1-2H3/b12-10-.